The number of carbonyl (C=O) groups excluding carboxylic acids is 3. The Morgan fingerprint density at radius 3 is 2.33 bits per heavy atom. The van der Waals surface area contributed by atoms with Gasteiger partial charge in [-0.1, -0.05) is 97.1 Å². The highest BCUT2D eigenvalue weighted by atomic mass is 16.5. The third-order valence-corrected chi connectivity index (χ3v) is 7.24. The van der Waals surface area contributed by atoms with Gasteiger partial charge in [-0.05, 0) is 27.5 Å². The quantitative estimate of drug-likeness (QED) is 0.277. The van der Waals surface area contributed by atoms with E-state index in [4.69, 9.17) is 10.5 Å². The molecule has 1 fully saturated rings. The van der Waals surface area contributed by atoms with Gasteiger partial charge in [0.05, 0.1) is 0 Å². The molecule has 198 valence electrons. The maximum absolute atomic E-state index is 13.5. The molecule has 0 aliphatic carbocycles. The summed E-state index contributed by atoms with van der Waals surface area (Å²) in [7, 11) is 0. The van der Waals surface area contributed by atoms with Crippen molar-refractivity contribution < 1.29 is 19.1 Å². The van der Waals surface area contributed by atoms with E-state index >= 15 is 0 Å². The Balaban J connectivity index is 1.37. The number of fused-ring (bicyclic) bond motifs is 1. The molecule has 1 heterocycles. The number of esters is 1. The topological polar surface area (TPSA) is 92.9 Å². The summed E-state index contributed by atoms with van der Waals surface area (Å²) in [5, 5.41) is 1.89. The van der Waals surface area contributed by atoms with Crippen LogP contribution in [0.2, 0.25) is 0 Å². The first-order valence-electron chi connectivity index (χ1n) is 13.0. The van der Waals surface area contributed by atoms with Crippen LogP contribution in [0, 0.1) is 0 Å². The van der Waals surface area contributed by atoms with Crippen LogP contribution in [-0.2, 0) is 27.5 Å². The number of aldehydes is 1. The normalized spacial score (nSPS) is 16.5. The Kier molecular flexibility index (Phi) is 8.10. The SMILES string of the molecule is NC(C(=O)N1CCN(Cc2ccc3ccccc3c2C=O)CC1C(=O)OCc1ccccc1)c1ccccc1. The lowest BCUT2D eigenvalue weighted by Crippen LogP contribution is -2.59. The van der Waals surface area contributed by atoms with Crippen molar-refractivity contribution in [3.05, 3.63) is 119 Å². The number of hydrogen-bond donors (Lipinski definition) is 1. The fourth-order valence-electron chi connectivity index (χ4n) is 5.11. The lowest BCUT2D eigenvalue weighted by Gasteiger charge is -2.41. The van der Waals surface area contributed by atoms with Gasteiger partial charge in [-0.15, -0.1) is 0 Å². The second kappa shape index (κ2) is 12.0. The molecule has 0 aromatic heterocycles. The Labute approximate surface area is 227 Å². The van der Waals surface area contributed by atoms with Crippen LogP contribution in [0.1, 0.15) is 33.1 Å². The number of nitrogens with zero attached hydrogens (tertiary/aromatic N) is 2. The van der Waals surface area contributed by atoms with Crippen LogP contribution >= 0.6 is 0 Å². The zero-order valence-corrected chi connectivity index (χ0v) is 21.6. The predicted molar refractivity (Wildman–Crippen MR) is 150 cm³/mol. The molecule has 1 aliphatic rings. The lowest BCUT2D eigenvalue weighted by molar-refractivity contribution is -0.160. The number of amides is 1. The third-order valence-electron chi connectivity index (χ3n) is 7.24. The van der Waals surface area contributed by atoms with Crippen molar-refractivity contribution in [1.29, 1.82) is 0 Å². The van der Waals surface area contributed by atoms with E-state index in [1.807, 2.05) is 97.1 Å². The zero-order valence-electron chi connectivity index (χ0n) is 21.6. The standard InChI is InChI=1S/C32H31N3O4/c33-30(25-12-5-2-6-13-25)31(37)35-18-17-34(20-29(35)32(38)39-22-23-9-3-1-4-10-23)19-26-16-15-24-11-7-8-14-27(24)28(26)21-36/h1-16,21,29-30H,17-20,22,33H2. The first-order chi connectivity index (χ1) is 19.0. The summed E-state index contributed by atoms with van der Waals surface area (Å²) in [4.78, 5) is 42.6. The van der Waals surface area contributed by atoms with Gasteiger partial charge in [-0.25, -0.2) is 4.79 Å². The van der Waals surface area contributed by atoms with Crippen LogP contribution in [0.5, 0.6) is 0 Å². The molecule has 4 aromatic carbocycles. The van der Waals surface area contributed by atoms with Crippen molar-refractivity contribution in [1.82, 2.24) is 9.80 Å². The summed E-state index contributed by atoms with van der Waals surface area (Å²) in [6.45, 7) is 1.69. The average molecular weight is 522 g/mol. The molecule has 39 heavy (non-hydrogen) atoms. The minimum atomic E-state index is -0.885. The number of rotatable bonds is 8. The summed E-state index contributed by atoms with van der Waals surface area (Å²) < 4.78 is 5.68. The second-order valence-corrected chi connectivity index (χ2v) is 9.74. The summed E-state index contributed by atoms with van der Waals surface area (Å²) in [5.74, 6) is -0.798. The fraction of sp³-hybridized carbons (Fsp3) is 0.219. The van der Waals surface area contributed by atoms with Crippen molar-refractivity contribution in [2.45, 2.75) is 25.2 Å². The van der Waals surface area contributed by atoms with Gasteiger partial charge in [-0.3, -0.25) is 14.5 Å². The molecule has 7 nitrogen and oxygen atoms in total. The number of benzene rings is 4. The lowest BCUT2D eigenvalue weighted by atomic mass is 9.98. The molecule has 0 bridgehead atoms. The van der Waals surface area contributed by atoms with E-state index in [0.29, 0.717) is 30.8 Å². The molecule has 2 N–H and O–H groups in total. The van der Waals surface area contributed by atoms with Crippen LogP contribution in [0.15, 0.2) is 97.1 Å². The maximum Gasteiger partial charge on any atom is 0.330 e. The van der Waals surface area contributed by atoms with Gasteiger partial charge in [0.2, 0.25) is 5.91 Å². The molecule has 2 unspecified atom stereocenters. The molecule has 1 amide bonds. The molecular weight excluding hydrogens is 490 g/mol. The van der Waals surface area contributed by atoms with Crippen molar-refractivity contribution in [2.75, 3.05) is 19.6 Å². The van der Waals surface area contributed by atoms with E-state index in [9.17, 15) is 14.4 Å². The molecular formula is C32H31N3O4. The summed E-state index contributed by atoms with van der Waals surface area (Å²) >= 11 is 0. The highest BCUT2D eigenvalue weighted by Gasteiger charge is 2.38. The van der Waals surface area contributed by atoms with Crippen LogP contribution in [0.25, 0.3) is 10.8 Å². The highest BCUT2D eigenvalue weighted by Crippen LogP contribution is 2.25. The molecule has 2 atom stereocenters. The fourth-order valence-corrected chi connectivity index (χ4v) is 5.11. The van der Waals surface area contributed by atoms with Gasteiger partial charge in [-0.2, -0.15) is 0 Å². The smallest absolute Gasteiger partial charge is 0.330 e. The summed E-state index contributed by atoms with van der Waals surface area (Å²) in [6, 6.07) is 28.6. The largest absolute Gasteiger partial charge is 0.459 e. The van der Waals surface area contributed by atoms with Crippen molar-refractivity contribution in [3.8, 4) is 0 Å². The molecule has 0 saturated carbocycles. The minimum Gasteiger partial charge on any atom is -0.459 e. The van der Waals surface area contributed by atoms with E-state index in [-0.39, 0.29) is 19.1 Å². The van der Waals surface area contributed by atoms with Crippen molar-refractivity contribution >= 4 is 28.9 Å². The predicted octanol–water partition coefficient (Wildman–Crippen LogP) is 4.11. The van der Waals surface area contributed by atoms with E-state index in [0.717, 1.165) is 28.2 Å². The number of nitrogens with two attached hydrogens (primary N) is 1. The third kappa shape index (κ3) is 5.90. The van der Waals surface area contributed by atoms with Gasteiger partial charge >= 0.3 is 5.97 Å². The Hall–Kier alpha value is -4.33. The second-order valence-electron chi connectivity index (χ2n) is 9.74. The van der Waals surface area contributed by atoms with E-state index < -0.39 is 18.1 Å². The van der Waals surface area contributed by atoms with E-state index in [1.165, 1.54) is 0 Å². The molecule has 1 aliphatic heterocycles. The van der Waals surface area contributed by atoms with Crippen molar-refractivity contribution in [2.24, 2.45) is 5.73 Å². The Bertz CT molecular complexity index is 1460. The Morgan fingerprint density at radius 2 is 1.59 bits per heavy atom. The molecule has 5 rings (SSSR count). The monoisotopic (exact) mass is 521 g/mol. The number of piperazine rings is 1. The Morgan fingerprint density at radius 1 is 0.897 bits per heavy atom. The zero-order chi connectivity index (χ0) is 27.2. The summed E-state index contributed by atoms with van der Waals surface area (Å²) in [6.07, 6.45) is 0.891. The maximum atomic E-state index is 13.5. The molecule has 7 heteroatoms. The molecule has 4 aromatic rings. The molecule has 0 radical (unpaired) electrons. The van der Waals surface area contributed by atoms with Crippen LogP contribution in [0.3, 0.4) is 0 Å². The molecule has 1 saturated heterocycles. The number of carbonyl (C=O) groups is 3. The van der Waals surface area contributed by atoms with Crippen LogP contribution in [0.4, 0.5) is 0 Å². The first-order valence-corrected chi connectivity index (χ1v) is 13.0. The number of ether oxygens (including phenoxy) is 1. The van der Waals surface area contributed by atoms with E-state index in [2.05, 4.69) is 4.90 Å². The van der Waals surface area contributed by atoms with Gasteiger partial charge in [0.25, 0.3) is 0 Å². The van der Waals surface area contributed by atoms with Gasteiger partial charge in [0, 0.05) is 31.7 Å². The van der Waals surface area contributed by atoms with Gasteiger partial charge in [0.1, 0.15) is 18.7 Å². The first kappa shape index (κ1) is 26.3. The van der Waals surface area contributed by atoms with Gasteiger partial charge in [0.15, 0.2) is 6.29 Å². The van der Waals surface area contributed by atoms with Gasteiger partial charge < -0.3 is 15.4 Å². The van der Waals surface area contributed by atoms with Crippen LogP contribution < -0.4 is 5.73 Å². The average Bonchev–Trinajstić information content (AvgIpc) is 3.00. The van der Waals surface area contributed by atoms with Crippen LogP contribution in [-0.4, -0.2) is 53.6 Å². The summed E-state index contributed by atoms with van der Waals surface area (Å²) in [5.41, 5.74) is 9.42. The van der Waals surface area contributed by atoms with Crippen molar-refractivity contribution in [3.63, 3.8) is 0 Å². The highest BCUT2D eigenvalue weighted by molar-refractivity contribution is 5.99. The number of hydrogen-bond acceptors (Lipinski definition) is 6. The molecule has 0 spiro atoms. The minimum absolute atomic E-state index is 0.114. The van der Waals surface area contributed by atoms with E-state index in [1.54, 1.807) is 4.90 Å².